The number of aromatic nitrogens is 3. The smallest absolute Gasteiger partial charge is 0.322 e. The minimum absolute atomic E-state index is 0.0972. The number of β-amino-alcohol motifs (C(OH)–C–C–N with tert-alkyl or cyclic N) is 1. The maximum atomic E-state index is 9.83. The number of aliphatic hydroxyl groups is 1. The third-order valence-corrected chi connectivity index (χ3v) is 3.13. The highest BCUT2D eigenvalue weighted by atomic mass is 35.5. The minimum atomic E-state index is -0.370. The van der Waals surface area contributed by atoms with Crippen LogP contribution >= 0.6 is 11.6 Å². The van der Waals surface area contributed by atoms with Gasteiger partial charge in [0.15, 0.2) is 0 Å². The van der Waals surface area contributed by atoms with Gasteiger partial charge in [-0.25, -0.2) is 0 Å². The van der Waals surface area contributed by atoms with Crippen LogP contribution in [0.3, 0.4) is 0 Å². The first-order chi connectivity index (χ1) is 8.10. The molecule has 1 aromatic heterocycles. The minimum Gasteiger partial charge on any atom is -0.467 e. The molecule has 1 aliphatic heterocycles. The van der Waals surface area contributed by atoms with E-state index in [1.165, 1.54) is 7.11 Å². The van der Waals surface area contributed by atoms with E-state index in [1.54, 1.807) is 0 Å². The number of methoxy groups -OCH3 is 1. The second-order valence-corrected chi connectivity index (χ2v) is 4.51. The molecule has 2 unspecified atom stereocenters. The zero-order chi connectivity index (χ0) is 12.4. The molecule has 6 nitrogen and oxygen atoms in total. The molecule has 0 spiro atoms. The second-order valence-electron chi connectivity index (χ2n) is 4.17. The van der Waals surface area contributed by atoms with Gasteiger partial charge in [-0.2, -0.15) is 15.0 Å². The van der Waals surface area contributed by atoms with E-state index in [0.29, 0.717) is 18.4 Å². The van der Waals surface area contributed by atoms with Gasteiger partial charge in [0, 0.05) is 13.1 Å². The molecule has 2 atom stereocenters. The lowest BCUT2D eigenvalue weighted by atomic mass is 9.96. The molecule has 94 valence electrons. The van der Waals surface area contributed by atoms with Gasteiger partial charge in [0.1, 0.15) is 0 Å². The lowest BCUT2D eigenvalue weighted by molar-refractivity contribution is 0.102. The Labute approximate surface area is 105 Å². The third-order valence-electron chi connectivity index (χ3n) is 2.96. The summed E-state index contributed by atoms with van der Waals surface area (Å²) < 4.78 is 4.94. The Morgan fingerprint density at radius 2 is 2.18 bits per heavy atom. The van der Waals surface area contributed by atoms with Gasteiger partial charge in [-0.15, -0.1) is 0 Å². The van der Waals surface area contributed by atoms with Gasteiger partial charge in [-0.1, -0.05) is 6.92 Å². The highest BCUT2D eigenvalue weighted by Crippen LogP contribution is 2.22. The molecule has 0 aromatic carbocycles. The lowest BCUT2D eigenvalue weighted by Gasteiger charge is -2.34. The van der Waals surface area contributed by atoms with Crippen LogP contribution in [0.4, 0.5) is 5.95 Å². The number of aliphatic hydroxyl groups excluding tert-OH is 1. The van der Waals surface area contributed by atoms with Crippen LogP contribution in [0.1, 0.15) is 13.3 Å². The number of rotatable bonds is 2. The predicted octanol–water partition coefficient (Wildman–Crippen LogP) is 0.741. The first-order valence-corrected chi connectivity index (χ1v) is 5.86. The Balaban J connectivity index is 2.19. The quantitative estimate of drug-likeness (QED) is 0.844. The van der Waals surface area contributed by atoms with Gasteiger partial charge in [0.2, 0.25) is 11.2 Å². The molecule has 17 heavy (non-hydrogen) atoms. The standard InChI is InChI=1S/C10H15ClN4O2/c1-6-3-4-15(5-7(6)16)9-12-8(11)13-10(14-9)17-2/h6-7,16H,3-5H2,1-2H3. The van der Waals surface area contributed by atoms with E-state index in [9.17, 15) is 5.11 Å². The summed E-state index contributed by atoms with van der Waals surface area (Å²) >= 11 is 5.78. The normalized spacial score (nSPS) is 24.8. The van der Waals surface area contributed by atoms with Gasteiger partial charge >= 0.3 is 6.01 Å². The topological polar surface area (TPSA) is 71.4 Å². The van der Waals surface area contributed by atoms with Crippen LogP contribution in [0.2, 0.25) is 5.28 Å². The summed E-state index contributed by atoms with van der Waals surface area (Å²) in [4.78, 5) is 13.9. The van der Waals surface area contributed by atoms with Crippen molar-refractivity contribution in [3.05, 3.63) is 5.28 Å². The molecule has 7 heteroatoms. The molecular formula is C10H15ClN4O2. The van der Waals surface area contributed by atoms with Crippen molar-refractivity contribution >= 4 is 17.5 Å². The number of ether oxygens (including phenoxy) is 1. The fraction of sp³-hybridized carbons (Fsp3) is 0.700. The van der Waals surface area contributed by atoms with Crippen molar-refractivity contribution in [2.75, 3.05) is 25.1 Å². The number of halogens is 1. The van der Waals surface area contributed by atoms with Crippen LogP contribution in [-0.4, -0.2) is 46.4 Å². The third kappa shape index (κ3) is 2.76. The molecule has 0 bridgehead atoms. The fourth-order valence-corrected chi connectivity index (χ4v) is 1.93. The number of hydrogen-bond donors (Lipinski definition) is 1. The number of piperidine rings is 1. The Bertz CT molecular complexity index is 404. The van der Waals surface area contributed by atoms with Gasteiger partial charge < -0.3 is 14.7 Å². The largest absolute Gasteiger partial charge is 0.467 e. The molecule has 0 radical (unpaired) electrons. The number of nitrogens with zero attached hydrogens (tertiary/aromatic N) is 4. The van der Waals surface area contributed by atoms with E-state index in [4.69, 9.17) is 16.3 Å². The molecular weight excluding hydrogens is 244 g/mol. The Kier molecular flexibility index (Phi) is 3.63. The summed E-state index contributed by atoms with van der Waals surface area (Å²) in [5.74, 6) is 0.748. The first-order valence-electron chi connectivity index (χ1n) is 5.48. The van der Waals surface area contributed by atoms with E-state index in [-0.39, 0.29) is 17.4 Å². The van der Waals surface area contributed by atoms with Crippen LogP contribution in [0.5, 0.6) is 6.01 Å². The van der Waals surface area contributed by atoms with Crippen molar-refractivity contribution in [3.63, 3.8) is 0 Å². The van der Waals surface area contributed by atoms with Gasteiger partial charge in [0.25, 0.3) is 0 Å². The molecule has 2 rings (SSSR count). The Hall–Kier alpha value is -1.14. The zero-order valence-corrected chi connectivity index (χ0v) is 10.6. The lowest BCUT2D eigenvalue weighted by Crippen LogP contribution is -2.43. The molecule has 1 N–H and O–H groups in total. The van der Waals surface area contributed by atoms with Crippen molar-refractivity contribution < 1.29 is 9.84 Å². The molecule has 1 fully saturated rings. The Morgan fingerprint density at radius 3 is 2.82 bits per heavy atom. The maximum absolute atomic E-state index is 9.83. The molecule has 2 heterocycles. The van der Waals surface area contributed by atoms with E-state index in [2.05, 4.69) is 15.0 Å². The van der Waals surface area contributed by atoms with Crippen LogP contribution in [0.15, 0.2) is 0 Å². The van der Waals surface area contributed by atoms with Crippen molar-refractivity contribution in [2.45, 2.75) is 19.4 Å². The summed E-state index contributed by atoms with van der Waals surface area (Å²) in [6.45, 7) is 3.33. The van der Waals surface area contributed by atoms with Crippen LogP contribution in [0.25, 0.3) is 0 Å². The maximum Gasteiger partial charge on any atom is 0.322 e. The van der Waals surface area contributed by atoms with E-state index >= 15 is 0 Å². The fourth-order valence-electron chi connectivity index (χ4n) is 1.79. The summed E-state index contributed by atoms with van der Waals surface area (Å²) in [7, 11) is 1.47. The SMILES string of the molecule is COc1nc(Cl)nc(N2CCC(C)C(O)C2)n1. The average molecular weight is 259 g/mol. The molecule has 1 saturated heterocycles. The van der Waals surface area contributed by atoms with E-state index < -0.39 is 0 Å². The predicted molar refractivity (Wildman–Crippen MR) is 63.4 cm³/mol. The monoisotopic (exact) mass is 258 g/mol. The summed E-state index contributed by atoms with van der Waals surface area (Å²) in [5, 5.41) is 9.93. The first kappa shape index (κ1) is 12.3. The number of hydrogen-bond acceptors (Lipinski definition) is 6. The van der Waals surface area contributed by atoms with Crippen molar-refractivity contribution in [2.24, 2.45) is 5.92 Å². The van der Waals surface area contributed by atoms with Crippen molar-refractivity contribution in [1.82, 2.24) is 15.0 Å². The highest BCUT2D eigenvalue weighted by Gasteiger charge is 2.26. The summed E-state index contributed by atoms with van der Waals surface area (Å²) in [6.07, 6.45) is 0.526. The van der Waals surface area contributed by atoms with Crippen molar-refractivity contribution in [1.29, 1.82) is 0 Å². The molecule has 0 saturated carbocycles. The summed E-state index contributed by atoms with van der Waals surface area (Å²) in [6, 6.07) is 0.188. The van der Waals surface area contributed by atoms with Crippen LogP contribution in [-0.2, 0) is 0 Å². The zero-order valence-electron chi connectivity index (χ0n) is 9.80. The molecule has 1 aromatic rings. The van der Waals surface area contributed by atoms with Crippen LogP contribution in [0, 0.1) is 5.92 Å². The average Bonchev–Trinajstić information content (AvgIpc) is 2.32. The summed E-state index contributed by atoms with van der Waals surface area (Å²) in [5.41, 5.74) is 0. The van der Waals surface area contributed by atoms with Crippen molar-refractivity contribution in [3.8, 4) is 6.01 Å². The van der Waals surface area contributed by atoms with E-state index in [1.807, 2.05) is 11.8 Å². The van der Waals surface area contributed by atoms with Gasteiger partial charge in [-0.3, -0.25) is 0 Å². The van der Waals surface area contributed by atoms with Gasteiger partial charge in [-0.05, 0) is 23.9 Å². The number of anilines is 1. The highest BCUT2D eigenvalue weighted by molar-refractivity contribution is 6.28. The van der Waals surface area contributed by atoms with E-state index in [0.717, 1.165) is 13.0 Å². The second kappa shape index (κ2) is 5.01. The molecule has 1 aliphatic rings. The van der Waals surface area contributed by atoms with Crippen LogP contribution < -0.4 is 9.64 Å². The Morgan fingerprint density at radius 1 is 1.41 bits per heavy atom. The molecule has 0 amide bonds. The molecule has 0 aliphatic carbocycles. The van der Waals surface area contributed by atoms with Gasteiger partial charge in [0.05, 0.1) is 13.2 Å².